The van der Waals surface area contributed by atoms with Gasteiger partial charge in [0, 0.05) is 11.9 Å². The van der Waals surface area contributed by atoms with Crippen molar-refractivity contribution in [1.29, 1.82) is 0 Å². The predicted molar refractivity (Wildman–Crippen MR) is 93.9 cm³/mol. The molecule has 0 spiro atoms. The predicted octanol–water partition coefficient (Wildman–Crippen LogP) is 4.15. The summed E-state index contributed by atoms with van der Waals surface area (Å²) in [7, 11) is 0. The third-order valence-electron chi connectivity index (χ3n) is 3.03. The van der Waals surface area contributed by atoms with Crippen LogP contribution in [0.4, 0.5) is 11.4 Å². The second-order valence-electron chi connectivity index (χ2n) is 4.73. The maximum Gasteiger partial charge on any atom is 0.277 e. The van der Waals surface area contributed by atoms with Gasteiger partial charge in [0.2, 0.25) is 0 Å². The Hall–Kier alpha value is -2.40. The van der Waals surface area contributed by atoms with Gasteiger partial charge in [0.25, 0.3) is 5.91 Å². The monoisotopic (exact) mass is 315 g/mol. The number of aromatic nitrogens is 1. The lowest BCUT2D eigenvalue weighted by Gasteiger charge is -2.13. The minimum atomic E-state index is -0.300. The zero-order valence-electron chi connectivity index (χ0n) is 14.4. The normalized spacial score (nSPS) is 9.61. The molecule has 2 N–H and O–H groups in total. The number of aryl methyl sites for hydroxylation is 2. The molecule has 5 nitrogen and oxygen atoms in total. The Morgan fingerprint density at radius 2 is 1.91 bits per heavy atom. The average Bonchev–Trinajstić information content (AvgIpc) is 2.57. The minimum absolute atomic E-state index is 0.300. The Bertz CT molecular complexity index is 642. The van der Waals surface area contributed by atoms with Crippen molar-refractivity contribution in [3.8, 4) is 0 Å². The number of amides is 1. The Balaban J connectivity index is 0.00000127. The molecule has 0 aliphatic carbocycles. The van der Waals surface area contributed by atoms with Crippen LogP contribution in [-0.4, -0.2) is 17.5 Å². The van der Waals surface area contributed by atoms with Crippen LogP contribution in [0.5, 0.6) is 0 Å². The highest BCUT2D eigenvalue weighted by Gasteiger charge is 2.12. The highest BCUT2D eigenvalue weighted by molar-refractivity contribution is 5.99. The zero-order chi connectivity index (χ0) is 17.2. The van der Waals surface area contributed by atoms with E-state index in [1.165, 1.54) is 5.56 Å². The molecule has 0 unspecified atom stereocenters. The van der Waals surface area contributed by atoms with Crippen LogP contribution in [0.1, 0.15) is 42.3 Å². The fraction of sp³-hybridized carbons (Fsp3) is 0.333. The first-order valence-electron chi connectivity index (χ1n) is 7.82. The van der Waals surface area contributed by atoms with Crippen LogP contribution in [0.15, 0.2) is 36.7 Å². The standard InChI is InChI=1S/C16H19N3O2.C2H6/c1-4-21-19-16(20)13-7-8-17-10-15(13)18-14-6-5-11(2)9-12(14)3;1-2/h5-10,18H,4H2,1-3H3,(H,19,20);1-2H3. The van der Waals surface area contributed by atoms with E-state index in [9.17, 15) is 4.79 Å². The van der Waals surface area contributed by atoms with Crippen LogP contribution in [-0.2, 0) is 4.84 Å². The van der Waals surface area contributed by atoms with Gasteiger partial charge in [-0.25, -0.2) is 5.48 Å². The molecule has 0 radical (unpaired) electrons. The van der Waals surface area contributed by atoms with Gasteiger partial charge in [0.05, 0.1) is 24.1 Å². The van der Waals surface area contributed by atoms with Crippen molar-refractivity contribution in [3.63, 3.8) is 0 Å². The zero-order valence-corrected chi connectivity index (χ0v) is 14.4. The molecule has 0 aliphatic rings. The smallest absolute Gasteiger partial charge is 0.277 e. The van der Waals surface area contributed by atoms with E-state index in [2.05, 4.69) is 21.8 Å². The van der Waals surface area contributed by atoms with Gasteiger partial charge >= 0.3 is 0 Å². The van der Waals surface area contributed by atoms with Gasteiger partial charge < -0.3 is 5.32 Å². The molecule has 0 atom stereocenters. The summed E-state index contributed by atoms with van der Waals surface area (Å²) in [6.45, 7) is 10.3. The molecular formula is C18H25N3O2. The molecule has 0 saturated carbocycles. The second kappa shape index (κ2) is 9.58. The maximum absolute atomic E-state index is 12.0. The van der Waals surface area contributed by atoms with E-state index < -0.39 is 0 Å². The summed E-state index contributed by atoms with van der Waals surface area (Å²) in [4.78, 5) is 21.1. The molecule has 2 aromatic rings. The first-order valence-corrected chi connectivity index (χ1v) is 7.82. The number of hydrogen-bond acceptors (Lipinski definition) is 4. The second-order valence-corrected chi connectivity index (χ2v) is 4.73. The van der Waals surface area contributed by atoms with Gasteiger partial charge in [-0.1, -0.05) is 31.5 Å². The van der Waals surface area contributed by atoms with Crippen LogP contribution in [0, 0.1) is 13.8 Å². The fourth-order valence-electron chi connectivity index (χ4n) is 1.98. The first kappa shape index (κ1) is 18.6. The molecule has 1 heterocycles. The number of carbonyl (C=O) groups is 1. The van der Waals surface area contributed by atoms with Crippen LogP contribution in [0.2, 0.25) is 0 Å². The van der Waals surface area contributed by atoms with Gasteiger partial charge in [-0.3, -0.25) is 14.6 Å². The van der Waals surface area contributed by atoms with Gasteiger partial charge in [-0.15, -0.1) is 0 Å². The van der Waals surface area contributed by atoms with Crippen molar-refractivity contribution >= 4 is 17.3 Å². The summed E-state index contributed by atoms with van der Waals surface area (Å²) in [6, 6.07) is 7.74. The summed E-state index contributed by atoms with van der Waals surface area (Å²) < 4.78 is 0. The third-order valence-corrected chi connectivity index (χ3v) is 3.03. The molecule has 1 aromatic carbocycles. The Labute approximate surface area is 138 Å². The highest BCUT2D eigenvalue weighted by atomic mass is 16.6. The molecule has 0 saturated heterocycles. The fourth-order valence-corrected chi connectivity index (χ4v) is 1.98. The molecule has 0 bridgehead atoms. The number of pyridine rings is 1. The van der Waals surface area contributed by atoms with E-state index in [-0.39, 0.29) is 5.91 Å². The van der Waals surface area contributed by atoms with E-state index in [1.807, 2.05) is 46.8 Å². The van der Waals surface area contributed by atoms with Gasteiger partial charge in [0.1, 0.15) is 0 Å². The van der Waals surface area contributed by atoms with Crippen molar-refractivity contribution < 1.29 is 9.63 Å². The number of rotatable bonds is 5. The molecule has 1 aromatic heterocycles. The third kappa shape index (κ3) is 5.38. The summed E-state index contributed by atoms with van der Waals surface area (Å²) in [5.74, 6) is -0.300. The quantitative estimate of drug-likeness (QED) is 0.814. The summed E-state index contributed by atoms with van der Waals surface area (Å²) in [6.07, 6.45) is 3.20. The van der Waals surface area contributed by atoms with E-state index in [0.29, 0.717) is 17.9 Å². The number of hydroxylamine groups is 1. The lowest BCUT2D eigenvalue weighted by Crippen LogP contribution is -2.24. The van der Waals surface area contributed by atoms with Crippen molar-refractivity contribution in [3.05, 3.63) is 53.3 Å². The van der Waals surface area contributed by atoms with Crippen LogP contribution < -0.4 is 10.8 Å². The van der Waals surface area contributed by atoms with Crippen molar-refractivity contribution in [1.82, 2.24) is 10.5 Å². The van der Waals surface area contributed by atoms with Crippen molar-refractivity contribution in [2.24, 2.45) is 0 Å². The molecule has 1 amide bonds. The molecule has 2 rings (SSSR count). The largest absolute Gasteiger partial charge is 0.353 e. The van der Waals surface area contributed by atoms with Crippen LogP contribution >= 0.6 is 0 Å². The van der Waals surface area contributed by atoms with Crippen LogP contribution in [0.3, 0.4) is 0 Å². The molecule has 5 heteroatoms. The molecular weight excluding hydrogens is 290 g/mol. The summed E-state index contributed by atoms with van der Waals surface area (Å²) in [5.41, 5.74) is 6.76. The van der Waals surface area contributed by atoms with Gasteiger partial charge in [-0.05, 0) is 38.5 Å². The van der Waals surface area contributed by atoms with E-state index in [4.69, 9.17) is 4.84 Å². The van der Waals surface area contributed by atoms with E-state index >= 15 is 0 Å². The number of anilines is 2. The summed E-state index contributed by atoms with van der Waals surface area (Å²) in [5, 5.41) is 3.25. The Kier molecular flexibility index (Phi) is 7.77. The maximum atomic E-state index is 12.0. The highest BCUT2D eigenvalue weighted by Crippen LogP contribution is 2.23. The van der Waals surface area contributed by atoms with E-state index in [1.54, 1.807) is 18.5 Å². The Morgan fingerprint density at radius 1 is 1.17 bits per heavy atom. The van der Waals surface area contributed by atoms with Crippen LogP contribution in [0.25, 0.3) is 0 Å². The number of nitrogens with zero attached hydrogens (tertiary/aromatic N) is 1. The lowest BCUT2D eigenvalue weighted by atomic mass is 10.1. The van der Waals surface area contributed by atoms with E-state index in [0.717, 1.165) is 11.3 Å². The minimum Gasteiger partial charge on any atom is -0.353 e. The molecule has 124 valence electrons. The summed E-state index contributed by atoms with van der Waals surface area (Å²) >= 11 is 0. The SMILES string of the molecule is CC.CCONC(=O)c1ccncc1Nc1ccc(C)cc1C. The number of nitrogens with one attached hydrogen (secondary N) is 2. The average molecular weight is 315 g/mol. The Morgan fingerprint density at radius 3 is 2.57 bits per heavy atom. The molecule has 0 fully saturated rings. The van der Waals surface area contributed by atoms with Gasteiger partial charge in [-0.2, -0.15) is 0 Å². The lowest BCUT2D eigenvalue weighted by molar-refractivity contribution is 0.0365. The number of hydrogen-bond donors (Lipinski definition) is 2. The molecule has 0 aliphatic heterocycles. The number of carbonyl (C=O) groups excluding carboxylic acids is 1. The number of benzene rings is 1. The molecule has 23 heavy (non-hydrogen) atoms. The van der Waals surface area contributed by atoms with Crippen molar-refractivity contribution in [2.45, 2.75) is 34.6 Å². The van der Waals surface area contributed by atoms with Crippen molar-refractivity contribution in [2.75, 3.05) is 11.9 Å². The topological polar surface area (TPSA) is 63.2 Å². The van der Waals surface area contributed by atoms with Gasteiger partial charge in [0.15, 0.2) is 0 Å². The first-order chi connectivity index (χ1) is 11.1.